The number of ether oxygens (including phenoxy) is 2. The Morgan fingerprint density at radius 2 is 1.79 bits per heavy atom. The Morgan fingerprint density at radius 1 is 1.07 bits per heavy atom. The molecule has 29 heavy (non-hydrogen) atoms. The first kappa shape index (κ1) is 19.6. The molecular weight excluding hydrogens is 378 g/mol. The van der Waals surface area contributed by atoms with Gasteiger partial charge in [-0.05, 0) is 42.5 Å². The number of hydrogen-bond acceptors (Lipinski definition) is 7. The third kappa shape index (κ3) is 4.59. The molecule has 0 unspecified atom stereocenters. The zero-order valence-corrected chi connectivity index (χ0v) is 15.6. The average Bonchev–Trinajstić information content (AvgIpc) is 3.22. The van der Waals surface area contributed by atoms with Gasteiger partial charge in [0, 0.05) is 23.3 Å². The first-order valence-electron chi connectivity index (χ1n) is 8.42. The number of methoxy groups -OCH3 is 2. The Balaban J connectivity index is 1.65. The molecule has 3 rings (SSSR count). The van der Waals surface area contributed by atoms with Crippen LogP contribution in [-0.2, 0) is 0 Å². The van der Waals surface area contributed by atoms with Gasteiger partial charge in [0.15, 0.2) is 11.5 Å². The highest BCUT2D eigenvalue weighted by molar-refractivity contribution is 5.95. The van der Waals surface area contributed by atoms with E-state index in [9.17, 15) is 14.9 Å². The minimum atomic E-state index is -0.467. The van der Waals surface area contributed by atoms with Crippen molar-refractivity contribution in [3.63, 3.8) is 0 Å². The zero-order chi connectivity index (χ0) is 20.8. The highest BCUT2D eigenvalue weighted by Gasteiger charge is 2.11. The second kappa shape index (κ2) is 8.70. The van der Waals surface area contributed by atoms with Crippen LogP contribution in [0.1, 0.15) is 16.1 Å². The summed E-state index contributed by atoms with van der Waals surface area (Å²) in [4.78, 5) is 22.5. The SMILES string of the molecule is COc1ccc(C(=O)N/N=C/c2ccc(-c3ccc([N+](=O)[O-])cc3)o2)cc1OC. The summed E-state index contributed by atoms with van der Waals surface area (Å²) in [7, 11) is 2.99. The van der Waals surface area contributed by atoms with Gasteiger partial charge in [-0.3, -0.25) is 14.9 Å². The van der Waals surface area contributed by atoms with Crippen molar-refractivity contribution in [2.75, 3.05) is 14.2 Å². The smallest absolute Gasteiger partial charge is 0.271 e. The fraction of sp³-hybridized carbons (Fsp3) is 0.100. The molecule has 0 spiro atoms. The van der Waals surface area contributed by atoms with Crippen molar-refractivity contribution in [1.82, 2.24) is 5.43 Å². The molecule has 1 amide bonds. The third-order valence-corrected chi connectivity index (χ3v) is 3.99. The van der Waals surface area contributed by atoms with Crippen molar-refractivity contribution < 1.29 is 23.6 Å². The number of furan rings is 1. The van der Waals surface area contributed by atoms with Gasteiger partial charge < -0.3 is 13.9 Å². The van der Waals surface area contributed by atoms with Crippen LogP contribution in [0.5, 0.6) is 11.5 Å². The van der Waals surface area contributed by atoms with Crippen molar-refractivity contribution in [3.8, 4) is 22.8 Å². The molecule has 0 radical (unpaired) electrons. The van der Waals surface area contributed by atoms with Crippen LogP contribution in [0.4, 0.5) is 5.69 Å². The fourth-order valence-corrected chi connectivity index (χ4v) is 2.52. The monoisotopic (exact) mass is 395 g/mol. The number of nitro benzene ring substituents is 1. The van der Waals surface area contributed by atoms with E-state index in [2.05, 4.69) is 10.5 Å². The first-order chi connectivity index (χ1) is 14.0. The van der Waals surface area contributed by atoms with Crippen LogP contribution in [-0.4, -0.2) is 31.3 Å². The normalized spacial score (nSPS) is 10.7. The van der Waals surface area contributed by atoms with Crippen LogP contribution in [0.3, 0.4) is 0 Å². The van der Waals surface area contributed by atoms with Crippen molar-refractivity contribution in [2.45, 2.75) is 0 Å². The van der Waals surface area contributed by atoms with E-state index in [1.165, 1.54) is 32.6 Å². The summed E-state index contributed by atoms with van der Waals surface area (Å²) >= 11 is 0. The molecule has 9 heteroatoms. The summed E-state index contributed by atoms with van der Waals surface area (Å²) in [6.45, 7) is 0. The molecule has 1 heterocycles. The second-order valence-electron chi connectivity index (χ2n) is 5.77. The lowest BCUT2D eigenvalue weighted by molar-refractivity contribution is -0.384. The molecule has 148 valence electrons. The Kier molecular flexibility index (Phi) is 5.88. The maximum absolute atomic E-state index is 12.2. The fourth-order valence-electron chi connectivity index (χ4n) is 2.52. The molecule has 0 bridgehead atoms. The van der Waals surface area contributed by atoms with E-state index in [1.54, 1.807) is 42.5 Å². The lowest BCUT2D eigenvalue weighted by Crippen LogP contribution is -2.17. The number of rotatable bonds is 7. The molecular formula is C20H17N3O6. The van der Waals surface area contributed by atoms with Crippen LogP contribution in [0.15, 0.2) is 64.1 Å². The Labute approximate surface area is 165 Å². The van der Waals surface area contributed by atoms with E-state index < -0.39 is 10.8 Å². The van der Waals surface area contributed by atoms with Crippen LogP contribution in [0, 0.1) is 10.1 Å². The molecule has 2 aromatic carbocycles. The summed E-state index contributed by atoms with van der Waals surface area (Å²) in [5.74, 6) is 1.45. The quantitative estimate of drug-likeness (QED) is 0.371. The number of hydrazone groups is 1. The van der Waals surface area contributed by atoms with Crippen LogP contribution < -0.4 is 14.9 Å². The van der Waals surface area contributed by atoms with Crippen LogP contribution >= 0.6 is 0 Å². The van der Waals surface area contributed by atoms with Gasteiger partial charge in [0.25, 0.3) is 11.6 Å². The van der Waals surface area contributed by atoms with Crippen molar-refractivity contribution in [2.24, 2.45) is 5.10 Å². The molecule has 0 aliphatic carbocycles. The van der Waals surface area contributed by atoms with Crippen LogP contribution in [0.2, 0.25) is 0 Å². The number of nitro groups is 1. The topological polar surface area (TPSA) is 116 Å². The van der Waals surface area contributed by atoms with E-state index in [0.29, 0.717) is 34.1 Å². The maximum atomic E-state index is 12.2. The van der Waals surface area contributed by atoms with Crippen molar-refractivity contribution in [1.29, 1.82) is 0 Å². The molecule has 0 saturated carbocycles. The van der Waals surface area contributed by atoms with Gasteiger partial charge in [-0.1, -0.05) is 0 Å². The lowest BCUT2D eigenvalue weighted by Gasteiger charge is -2.08. The van der Waals surface area contributed by atoms with Gasteiger partial charge in [0.1, 0.15) is 11.5 Å². The number of nitrogens with one attached hydrogen (secondary N) is 1. The van der Waals surface area contributed by atoms with E-state index in [-0.39, 0.29) is 5.69 Å². The molecule has 1 N–H and O–H groups in total. The highest BCUT2D eigenvalue weighted by Crippen LogP contribution is 2.27. The molecule has 0 fully saturated rings. The number of nitrogens with zero attached hydrogens (tertiary/aromatic N) is 2. The van der Waals surface area contributed by atoms with Crippen LogP contribution in [0.25, 0.3) is 11.3 Å². The molecule has 3 aromatic rings. The summed E-state index contributed by atoms with van der Waals surface area (Å²) in [5, 5.41) is 14.6. The second-order valence-corrected chi connectivity index (χ2v) is 5.77. The largest absolute Gasteiger partial charge is 0.493 e. The average molecular weight is 395 g/mol. The summed E-state index contributed by atoms with van der Waals surface area (Å²) in [6.07, 6.45) is 1.35. The number of benzene rings is 2. The van der Waals surface area contributed by atoms with E-state index in [4.69, 9.17) is 13.9 Å². The minimum absolute atomic E-state index is 0.0000307. The van der Waals surface area contributed by atoms with E-state index in [1.807, 2.05) is 0 Å². The highest BCUT2D eigenvalue weighted by atomic mass is 16.6. The van der Waals surface area contributed by atoms with Gasteiger partial charge in [-0.25, -0.2) is 5.43 Å². The van der Waals surface area contributed by atoms with Crippen molar-refractivity contribution in [3.05, 3.63) is 76.0 Å². The van der Waals surface area contributed by atoms with Gasteiger partial charge >= 0.3 is 0 Å². The molecule has 9 nitrogen and oxygen atoms in total. The number of carbonyl (C=O) groups excluding carboxylic acids is 1. The Morgan fingerprint density at radius 3 is 2.45 bits per heavy atom. The molecule has 1 aromatic heterocycles. The van der Waals surface area contributed by atoms with Gasteiger partial charge in [-0.2, -0.15) is 5.10 Å². The van der Waals surface area contributed by atoms with Crippen molar-refractivity contribution >= 4 is 17.8 Å². The van der Waals surface area contributed by atoms with E-state index >= 15 is 0 Å². The summed E-state index contributed by atoms with van der Waals surface area (Å²) < 4.78 is 15.9. The number of carbonyl (C=O) groups is 1. The predicted molar refractivity (Wildman–Crippen MR) is 105 cm³/mol. The summed E-state index contributed by atoms with van der Waals surface area (Å²) in [5.41, 5.74) is 3.44. The molecule has 0 aliphatic rings. The maximum Gasteiger partial charge on any atom is 0.271 e. The number of non-ortho nitro benzene ring substituents is 1. The van der Waals surface area contributed by atoms with E-state index in [0.717, 1.165) is 0 Å². The molecule has 0 aliphatic heterocycles. The standard InChI is InChI=1S/C20H17N3O6/c1-27-18-9-5-14(11-19(18)28-2)20(24)22-21-12-16-8-10-17(29-16)13-3-6-15(7-4-13)23(25)26/h3-12H,1-2H3,(H,22,24)/b21-12+. The van der Waals surface area contributed by atoms with Gasteiger partial charge in [-0.15, -0.1) is 0 Å². The Bertz CT molecular complexity index is 1060. The Hall–Kier alpha value is -4.14. The molecule has 0 atom stereocenters. The third-order valence-electron chi connectivity index (χ3n) is 3.99. The summed E-state index contributed by atoms with van der Waals surface area (Å²) in [6, 6.07) is 14.1. The predicted octanol–water partition coefficient (Wildman–Crippen LogP) is 3.64. The lowest BCUT2D eigenvalue weighted by atomic mass is 10.1. The number of amides is 1. The number of hydrogen-bond donors (Lipinski definition) is 1. The first-order valence-corrected chi connectivity index (χ1v) is 8.42. The van der Waals surface area contributed by atoms with Gasteiger partial charge in [0.2, 0.25) is 0 Å². The zero-order valence-electron chi connectivity index (χ0n) is 15.6. The molecule has 0 saturated heterocycles. The van der Waals surface area contributed by atoms with Gasteiger partial charge in [0.05, 0.1) is 25.4 Å². The minimum Gasteiger partial charge on any atom is -0.493 e.